The van der Waals surface area contributed by atoms with E-state index in [0.717, 1.165) is 6.54 Å². The van der Waals surface area contributed by atoms with Gasteiger partial charge in [0.15, 0.2) is 0 Å². The molecule has 1 N–H and O–H groups in total. The van der Waals surface area contributed by atoms with Gasteiger partial charge in [-0.2, -0.15) is 0 Å². The first-order valence-corrected chi connectivity index (χ1v) is 9.26. The van der Waals surface area contributed by atoms with E-state index < -0.39 is 8.07 Å². The lowest BCUT2D eigenvalue weighted by atomic mass is 9.93. The van der Waals surface area contributed by atoms with E-state index in [0.29, 0.717) is 6.04 Å². The first kappa shape index (κ1) is 13.9. The number of nitrogens with one attached hydrogen (secondary N) is 1. The molecule has 0 aliphatic heterocycles. The molecule has 1 atom stereocenters. The van der Waals surface area contributed by atoms with Gasteiger partial charge in [-0.15, -0.1) is 6.58 Å². The van der Waals surface area contributed by atoms with Crippen molar-refractivity contribution in [2.24, 2.45) is 5.41 Å². The van der Waals surface area contributed by atoms with Crippen molar-refractivity contribution in [2.45, 2.75) is 52.5 Å². The van der Waals surface area contributed by atoms with Gasteiger partial charge >= 0.3 is 0 Å². The first-order chi connectivity index (χ1) is 6.18. The summed E-state index contributed by atoms with van der Waals surface area (Å²) in [7, 11) is -0.997. The average molecular weight is 213 g/mol. The fourth-order valence-electron chi connectivity index (χ4n) is 1.86. The zero-order chi connectivity index (χ0) is 11.4. The molecule has 0 bridgehead atoms. The van der Waals surface area contributed by atoms with Crippen LogP contribution >= 0.6 is 0 Å². The molecule has 14 heavy (non-hydrogen) atoms. The van der Waals surface area contributed by atoms with Crippen LogP contribution in [0.25, 0.3) is 0 Å². The minimum atomic E-state index is -0.997. The van der Waals surface area contributed by atoms with Crippen LogP contribution in [0.5, 0.6) is 0 Å². The maximum Gasteiger partial charge on any atom is 0.0451 e. The summed E-state index contributed by atoms with van der Waals surface area (Å²) in [5.41, 5.74) is 0.273. The molecule has 0 aliphatic rings. The third-order valence-electron chi connectivity index (χ3n) is 2.34. The molecule has 84 valence electrons. The van der Waals surface area contributed by atoms with Crippen molar-refractivity contribution in [3.8, 4) is 0 Å². The van der Waals surface area contributed by atoms with Gasteiger partial charge in [0.2, 0.25) is 0 Å². The highest BCUT2D eigenvalue weighted by Gasteiger charge is 2.28. The Labute approximate surface area is 91.0 Å². The molecule has 0 saturated carbocycles. The lowest BCUT2D eigenvalue weighted by Gasteiger charge is -2.33. The summed E-state index contributed by atoms with van der Waals surface area (Å²) >= 11 is 0. The molecule has 0 rings (SSSR count). The van der Waals surface area contributed by atoms with Gasteiger partial charge in [0.25, 0.3) is 0 Å². The molecule has 0 aliphatic carbocycles. The molecule has 0 heterocycles. The predicted octanol–water partition coefficient (Wildman–Crippen LogP) is 3.51. The second kappa shape index (κ2) is 5.13. The summed E-state index contributed by atoms with van der Waals surface area (Å²) in [5.74, 6) is 0. The Kier molecular flexibility index (Phi) is 5.10. The number of hydrogen-bond acceptors (Lipinski definition) is 1. The van der Waals surface area contributed by atoms with E-state index in [9.17, 15) is 0 Å². The van der Waals surface area contributed by atoms with Crippen LogP contribution in [0.2, 0.25) is 25.7 Å². The van der Waals surface area contributed by atoms with Crippen molar-refractivity contribution < 1.29 is 0 Å². The molecule has 0 saturated heterocycles. The van der Waals surface area contributed by atoms with Crippen LogP contribution in [0.3, 0.4) is 0 Å². The Morgan fingerprint density at radius 1 is 1.36 bits per heavy atom. The molecule has 0 aromatic heterocycles. The lowest BCUT2D eigenvalue weighted by Crippen LogP contribution is -2.39. The van der Waals surface area contributed by atoms with E-state index >= 15 is 0 Å². The van der Waals surface area contributed by atoms with Gasteiger partial charge in [0.05, 0.1) is 0 Å². The molecular weight excluding hydrogens is 186 g/mol. The van der Waals surface area contributed by atoms with Crippen LogP contribution in [-0.2, 0) is 0 Å². The van der Waals surface area contributed by atoms with E-state index in [1.54, 1.807) is 0 Å². The maximum absolute atomic E-state index is 3.98. The van der Waals surface area contributed by atoms with Crippen LogP contribution < -0.4 is 5.32 Å². The van der Waals surface area contributed by atoms with Crippen molar-refractivity contribution in [2.75, 3.05) is 6.54 Å². The smallest absolute Gasteiger partial charge is 0.0451 e. The highest BCUT2D eigenvalue weighted by atomic mass is 28.3. The van der Waals surface area contributed by atoms with Gasteiger partial charge < -0.3 is 5.32 Å². The summed E-state index contributed by atoms with van der Waals surface area (Å²) in [6, 6.07) is 1.87. The van der Waals surface area contributed by atoms with E-state index in [-0.39, 0.29) is 5.41 Å². The summed E-state index contributed by atoms with van der Waals surface area (Å²) < 4.78 is 0. The molecular formula is C12H27NSi. The van der Waals surface area contributed by atoms with E-state index in [4.69, 9.17) is 0 Å². The molecule has 2 heteroatoms. The third-order valence-corrected chi connectivity index (χ3v) is 4.21. The van der Waals surface area contributed by atoms with Crippen LogP contribution in [0, 0.1) is 5.41 Å². The molecule has 0 spiro atoms. The molecule has 0 aromatic rings. The van der Waals surface area contributed by atoms with Crippen LogP contribution in [0.4, 0.5) is 0 Å². The van der Waals surface area contributed by atoms with Gasteiger partial charge in [0.1, 0.15) is 0 Å². The molecule has 1 unspecified atom stereocenters. The lowest BCUT2D eigenvalue weighted by molar-refractivity contribution is 0.406. The summed E-state index contributed by atoms with van der Waals surface area (Å²) in [4.78, 5) is 0. The second-order valence-electron chi connectivity index (χ2n) is 6.13. The average Bonchev–Trinajstić information content (AvgIpc) is 1.98. The SMILES string of the molecule is C=CC(C)(CNC(C)C)C[Si](C)(C)C. The Morgan fingerprint density at radius 2 is 1.86 bits per heavy atom. The monoisotopic (exact) mass is 213 g/mol. The Hall–Kier alpha value is -0.0831. The van der Waals surface area contributed by atoms with Crippen LogP contribution in [-0.4, -0.2) is 20.7 Å². The molecule has 0 aromatic carbocycles. The topological polar surface area (TPSA) is 12.0 Å². The van der Waals surface area contributed by atoms with E-state index in [2.05, 4.69) is 58.4 Å². The molecule has 0 radical (unpaired) electrons. The quantitative estimate of drug-likeness (QED) is 0.526. The largest absolute Gasteiger partial charge is 0.314 e. The van der Waals surface area contributed by atoms with Crippen molar-refractivity contribution >= 4 is 8.07 Å². The highest BCUT2D eigenvalue weighted by Crippen LogP contribution is 2.29. The maximum atomic E-state index is 3.98. The minimum absolute atomic E-state index is 0.273. The minimum Gasteiger partial charge on any atom is -0.314 e. The zero-order valence-corrected chi connectivity index (χ0v) is 11.8. The zero-order valence-electron chi connectivity index (χ0n) is 10.8. The van der Waals surface area contributed by atoms with Crippen LogP contribution in [0.1, 0.15) is 20.8 Å². The summed E-state index contributed by atoms with van der Waals surface area (Å²) in [6.45, 7) is 19.0. The van der Waals surface area contributed by atoms with Gasteiger partial charge in [-0.3, -0.25) is 0 Å². The summed E-state index contributed by atoms with van der Waals surface area (Å²) in [6.07, 6.45) is 2.13. The van der Waals surface area contributed by atoms with Gasteiger partial charge in [-0.05, 0) is 11.5 Å². The van der Waals surface area contributed by atoms with Gasteiger partial charge in [-0.1, -0.05) is 46.5 Å². The van der Waals surface area contributed by atoms with Crippen molar-refractivity contribution in [3.05, 3.63) is 12.7 Å². The molecule has 0 amide bonds. The Morgan fingerprint density at radius 3 is 2.14 bits per heavy atom. The van der Waals surface area contributed by atoms with E-state index in [1.165, 1.54) is 6.04 Å². The fourth-order valence-corrected chi connectivity index (χ4v) is 4.55. The van der Waals surface area contributed by atoms with Crippen molar-refractivity contribution in [1.82, 2.24) is 5.32 Å². The van der Waals surface area contributed by atoms with Crippen LogP contribution in [0.15, 0.2) is 12.7 Å². The van der Waals surface area contributed by atoms with Gasteiger partial charge in [0, 0.05) is 20.7 Å². The molecule has 0 fully saturated rings. The fraction of sp³-hybridized carbons (Fsp3) is 0.833. The normalized spacial score (nSPS) is 16.8. The summed E-state index contributed by atoms with van der Waals surface area (Å²) in [5, 5.41) is 3.51. The Bertz CT molecular complexity index is 181. The van der Waals surface area contributed by atoms with Crippen molar-refractivity contribution in [3.63, 3.8) is 0 Å². The second-order valence-corrected chi connectivity index (χ2v) is 11.6. The highest BCUT2D eigenvalue weighted by molar-refractivity contribution is 6.76. The standard InChI is InChI=1S/C12H27NSi/c1-8-12(4,9-13-11(2)3)10-14(5,6)7/h8,11,13H,1,9-10H2,2-7H3. The third kappa shape index (κ3) is 6.38. The first-order valence-electron chi connectivity index (χ1n) is 5.55. The van der Waals surface area contributed by atoms with Crippen molar-refractivity contribution in [1.29, 1.82) is 0 Å². The number of hydrogen-bond donors (Lipinski definition) is 1. The van der Waals surface area contributed by atoms with E-state index in [1.807, 2.05) is 0 Å². The number of rotatable bonds is 6. The predicted molar refractivity (Wildman–Crippen MR) is 69.6 cm³/mol. The molecule has 1 nitrogen and oxygen atoms in total. The Balaban J connectivity index is 4.25. The van der Waals surface area contributed by atoms with Gasteiger partial charge in [-0.25, -0.2) is 0 Å².